The summed E-state index contributed by atoms with van der Waals surface area (Å²) in [6.07, 6.45) is 0.770. The molecule has 0 saturated heterocycles. The van der Waals surface area contributed by atoms with Crippen LogP contribution in [0, 0.1) is 11.3 Å². The van der Waals surface area contributed by atoms with Gasteiger partial charge in [-0.2, -0.15) is 0 Å². The summed E-state index contributed by atoms with van der Waals surface area (Å²) in [5.41, 5.74) is 0.448. The first-order chi connectivity index (χ1) is 11.0. The van der Waals surface area contributed by atoms with Crippen LogP contribution in [0.3, 0.4) is 0 Å². The fraction of sp³-hybridized carbons (Fsp3) is 0.500. The largest absolute Gasteiger partial charge is 0.480 e. The van der Waals surface area contributed by atoms with Crippen molar-refractivity contribution in [3.8, 4) is 0 Å². The standard InChI is InChI=1S/C18H26N2O4/c1-11(2)10-18(4,5)17(24)20-14-8-6-13(7-9-14)15(21)19-12(3)16(22)23/h6-9,11-12H,10H2,1-5H3,(H,19,21)(H,20,24)(H,22,23). The lowest BCUT2D eigenvalue weighted by molar-refractivity contribution is -0.138. The van der Waals surface area contributed by atoms with Crippen LogP contribution in [0.15, 0.2) is 24.3 Å². The maximum atomic E-state index is 12.4. The maximum absolute atomic E-state index is 12.4. The number of anilines is 1. The zero-order chi connectivity index (χ0) is 18.5. The molecule has 0 bridgehead atoms. The summed E-state index contributed by atoms with van der Waals surface area (Å²) in [5, 5.41) is 14.0. The Kier molecular flexibility index (Phi) is 6.51. The maximum Gasteiger partial charge on any atom is 0.325 e. The highest BCUT2D eigenvalue weighted by Gasteiger charge is 2.28. The van der Waals surface area contributed by atoms with Crippen LogP contribution in [0.1, 0.15) is 51.4 Å². The summed E-state index contributed by atoms with van der Waals surface area (Å²) in [6.45, 7) is 9.33. The van der Waals surface area contributed by atoms with E-state index in [1.54, 1.807) is 24.3 Å². The predicted octanol–water partition coefficient (Wildman–Crippen LogP) is 2.90. The number of carboxylic acids is 1. The van der Waals surface area contributed by atoms with E-state index >= 15 is 0 Å². The molecule has 132 valence electrons. The van der Waals surface area contributed by atoms with Crippen molar-refractivity contribution in [1.29, 1.82) is 0 Å². The monoisotopic (exact) mass is 334 g/mol. The summed E-state index contributed by atoms with van der Waals surface area (Å²) < 4.78 is 0. The first kappa shape index (κ1) is 19.7. The van der Waals surface area contributed by atoms with E-state index < -0.39 is 23.3 Å². The fourth-order valence-corrected chi connectivity index (χ4v) is 2.46. The third-order valence-electron chi connectivity index (χ3n) is 3.66. The smallest absolute Gasteiger partial charge is 0.325 e. The van der Waals surface area contributed by atoms with Crippen molar-refractivity contribution < 1.29 is 19.5 Å². The van der Waals surface area contributed by atoms with Gasteiger partial charge in [0.2, 0.25) is 5.91 Å². The molecule has 2 amide bonds. The molecule has 24 heavy (non-hydrogen) atoms. The van der Waals surface area contributed by atoms with Gasteiger partial charge in [-0.25, -0.2) is 0 Å². The molecule has 6 heteroatoms. The van der Waals surface area contributed by atoms with Crippen molar-refractivity contribution in [1.82, 2.24) is 5.32 Å². The molecular weight excluding hydrogens is 308 g/mol. The number of carbonyl (C=O) groups is 3. The van der Waals surface area contributed by atoms with Gasteiger partial charge in [-0.15, -0.1) is 0 Å². The van der Waals surface area contributed by atoms with E-state index in [0.29, 0.717) is 17.2 Å². The normalized spacial score (nSPS) is 12.6. The number of carboxylic acid groups (broad SMARTS) is 1. The number of hydrogen-bond donors (Lipinski definition) is 3. The summed E-state index contributed by atoms with van der Waals surface area (Å²) in [5.74, 6) is -1.23. The quantitative estimate of drug-likeness (QED) is 0.714. The van der Waals surface area contributed by atoms with Crippen LogP contribution in [0.4, 0.5) is 5.69 Å². The molecule has 1 atom stereocenters. The highest BCUT2D eigenvalue weighted by atomic mass is 16.4. The molecule has 3 N–H and O–H groups in total. The summed E-state index contributed by atoms with van der Waals surface area (Å²) in [6, 6.07) is 5.39. The molecule has 0 spiro atoms. The highest BCUT2D eigenvalue weighted by molar-refractivity contribution is 5.98. The van der Waals surface area contributed by atoms with Crippen LogP contribution in [-0.4, -0.2) is 28.9 Å². The van der Waals surface area contributed by atoms with E-state index in [1.165, 1.54) is 6.92 Å². The van der Waals surface area contributed by atoms with Crippen LogP contribution in [0.2, 0.25) is 0 Å². The van der Waals surface area contributed by atoms with E-state index in [2.05, 4.69) is 24.5 Å². The van der Waals surface area contributed by atoms with Crippen molar-refractivity contribution in [2.75, 3.05) is 5.32 Å². The summed E-state index contributed by atoms with van der Waals surface area (Å²) >= 11 is 0. The van der Waals surface area contributed by atoms with Crippen molar-refractivity contribution in [2.45, 2.75) is 47.1 Å². The molecule has 0 aromatic heterocycles. The fourth-order valence-electron chi connectivity index (χ4n) is 2.46. The van der Waals surface area contributed by atoms with E-state index in [-0.39, 0.29) is 5.91 Å². The molecule has 6 nitrogen and oxygen atoms in total. The second-order valence-corrected chi connectivity index (χ2v) is 7.05. The van der Waals surface area contributed by atoms with Crippen LogP contribution in [0.5, 0.6) is 0 Å². The number of nitrogens with one attached hydrogen (secondary N) is 2. The van der Waals surface area contributed by atoms with Crippen LogP contribution < -0.4 is 10.6 Å². The zero-order valence-corrected chi connectivity index (χ0v) is 14.8. The average molecular weight is 334 g/mol. The number of rotatable bonds is 7. The van der Waals surface area contributed by atoms with Gasteiger partial charge in [-0.05, 0) is 43.5 Å². The van der Waals surface area contributed by atoms with Crippen molar-refractivity contribution in [3.05, 3.63) is 29.8 Å². The molecular formula is C18H26N2O4. The summed E-state index contributed by atoms with van der Waals surface area (Å²) in [7, 11) is 0. The zero-order valence-electron chi connectivity index (χ0n) is 14.8. The predicted molar refractivity (Wildman–Crippen MR) is 92.9 cm³/mol. The Bertz CT molecular complexity index is 606. The number of aliphatic carboxylic acids is 1. The first-order valence-electron chi connectivity index (χ1n) is 7.98. The molecule has 1 unspecified atom stereocenters. The van der Waals surface area contributed by atoms with Crippen molar-refractivity contribution >= 4 is 23.5 Å². The molecule has 0 aliphatic rings. The Morgan fingerprint density at radius 2 is 1.62 bits per heavy atom. The summed E-state index contributed by atoms with van der Waals surface area (Å²) in [4.78, 5) is 35.0. The molecule has 1 rings (SSSR count). The lowest BCUT2D eigenvalue weighted by Crippen LogP contribution is -2.38. The molecule has 1 aromatic rings. The molecule has 0 heterocycles. The van der Waals surface area contributed by atoms with Gasteiger partial charge < -0.3 is 15.7 Å². The van der Waals surface area contributed by atoms with Crippen LogP contribution in [0.25, 0.3) is 0 Å². The number of hydrogen-bond acceptors (Lipinski definition) is 3. The Balaban J connectivity index is 2.73. The lowest BCUT2D eigenvalue weighted by atomic mass is 9.83. The second-order valence-electron chi connectivity index (χ2n) is 7.05. The average Bonchev–Trinajstić information content (AvgIpc) is 2.46. The topological polar surface area (TPSA) is 95.5 Å². The molecule has 0 radical (unpaired) electrons. The number of benzene rings is 1. The molecule has 1 aromatic carbocycles. The Hall–Kier alpha value is -2.37. The number of carbonyl (C=O) groups excluding carboxylic acids is 2. The Morgan fingerprint density at radius 1 is 1.08 bits per heavy atom. The SMILES string of the molecule is CC(C)CC(C)(C)C(=O)Nc1ccc(C(=O)NC(C)C(=O)O)cc1. The third-order valence-corrected chi connectivity index (χ3v) is 3.66. The van der Waals surface area contributed by atoms with Gasteiger partial charge in [0.05, 0.1) is 0 Å². The molecule has 0 aliphatic carbocycles. The van der Waals surface area contributed by atoms with Crippen molar-refractivity contribution in [3.63, 3.8) is 0 Å². The van der Waals surface area contributed by atoms with Gasteiger partial charge in [0, 0.05) is 16.7 Å². The minimum atomic E-state index is -1.10. The Morgan fingerprint density at radius 3 is 2.08 bits per heavy atom. The minimum absolute atomic E-state index is 0.0760. The van der Waals surface area contributed by atoms with Gasteiger partial charge >= 0.3 is 5.97 Å². The molecule has 0 aliphatic heterocycles. The van der Waals surface area contributed by atoms with Gasteiger partial charge in [0.15, 0.2) is 0 Å². The molecule has 0 fully saturated rings. The Labute approximate surface area is 142 Å². The van der Waals surface area contributed by atoms with E-state index in [4.69, 9.17) is 5.11 Å². The minimum Gasteiger partial charge on any atom is -0.480 e. The second kappa shape index (κ2) is 7.95. The van der Waals surface area contributed by atoms with Gasteiger partial charge in [-0.3, -0.25) is 14.4 Å². The van der Waals surface area contributed by atoms with Crippen LogP contribution in [-0.2, 0) is 9.59 Å². The van der Waals surface area contributed by atoms with E-state index in [1.807, 2.05) is 13.8 Å². The van der Waals surface area contributed by atoms with E-state index in [9.17, 15) is 14.4 Å². The van der Waals surface area contributed by atoms with Crippen molar-refractivity contribution in [2.24, 2.45) is 11.3 Å². The first-order valence-corrected chi connectivity index (χ1v) is 7.98. The van der Waals surface area contributed by atoms with Crippen LogP contribution >= 0.6 is 0 Å². The third kappa shape index (κ3) is 5.68. The molecule has 0 saturated carbocycles. The van der Waals surface area contributed by atoms with Gasteiger partial charge in [-0.1, -0.05) is 27.7 Å². The van der Waals surface area contributed by atoms with Gasteiger partial charge in [0.25, 0.3) is 5.91 Å². The van der Waals surface area contributed by atoms with Gasteiger partial charge in [0.1, 0.15) is 6.04 Å². The van der Waals surface area contributed by atoms with E-state index in [0.717, 1.165) is 6.42 Å². The lowest BCUT2D eigenvalue weighted by Gasteiger charge is -2.25. The number of amides is 2. The highest BCUT2D eigenvalue weighted by Crippen LogP contribution is 2.27.